The van der Waals surface area contributed by atoms with Gasteiger partial charge in [0.2, 0.25) is 5.92 Å². The van der Waals surface area contributed by atoms with E-state index in [9.17, 15) is 13.6 Å². The van der Waals surface area contributed by atoms with Gasteiger partial charge in [0.15, 0.2) is 0 Å². The monoisotopic (exact) mass is 212 g/mol. The molecule has 0 bridgehead atoms. The molecule has 0 atom stereocenters. The fourth-order valence-corrected chi connectivity index (χ4v) is 1.44. The minimum absolute atomic E-state index is 0.00229. The first-order chi connectivity index (χ1) is 5.98. The Morgan fingerprint density at radius 2 is 2.15 bits per heavy atom. The second kappa shape index (κ2) is 6.18. The van der Waals surface area contributed by atoms with Crippen LogP contribution in [0.25, 0.3) is 0 Å². The number of aliphatic carboxylic acids is 1. The highest BCUT2D eigenvalue weighted by Gasteiger charge is 2.24. The maximum absolute atomic E-state index is 12.6. The van der Waals surface area contributed by atoms with Gasteiger partial charge < -0.3 is 5.11 Å². The lowest BCUT2D eigenvalue weighted by Crippen LogP contribution is -2.14. The highest BCUT2D eigenvalue weighted by atomic mass is 32.2. The van der Waals surface area contributed by atoms with Crippen LogP contribution in [-0.2, 0) is 4.79 Å². The number of carboxylic acids is 1. The quantitative estimate of drug-likeness (QED) is 0.659. The molecule has 0 rings (SSSR count). The van der Waals surface area contributed by atoms with Crippen LogP contribution in [0, 0.1) is 0 Å². The second-order valence-electron chi connectivity index (χ2n) is 2.76. The smallest absolute Gasteiger partial charge is 0.313 e. The predicted molar refractivity (Wildman–Crippen MR) is 49.4 cm³/mol. The standard InChI is InChI=1S/C8H14F2O2S/c1-2-8(9,10)4-3-5-13-6-7(11)12/h2-6H2,1H3,(H,11,12). The predicted octanol–water partition coefficient (Wildman–Crippen LogP) is 2.63. The number of thioether (sulfide) groups is 1. The Hall–Kier alpha value is -0.320. The fourth-order valence-electron chi connectivity index (χ4n) is 0.769. The lowest BCUT2D eigenvalue weighted by atomic mass is 10.1. The summed E-state index contributed by atoms with van der Waals surface area (Å²) < 4.78 is 25.2. The first-order valence-corrected chi connectivity index (χ1v) is 5.31. The lowest BCUT2D eigenvalue weighted by molar-refractivity contribution is -0.133. The van der Waals surface area contributed by atoms with E-state index in [-0.39, 0.29) is 18.6 Å². The first-order valence-electron chi connectivity index (χ1n) is 4.15. The molecule has 0 spiro atoms. The number of alkyl halides is 2. The molecular formula is C8H14F2O2S. The summed E-state index contributed by atoms with van der Waals surface area (Å²) in [4.78, 5) is 10.0. The second-order valence-corrected chi connectivity index (χ2v) is 3.86. The molecule has 0 unspecified atom stereocenters. The molecule has 0 saturated heterocycles. The van der Waals surface area contributed by atoms with Crippen molar-refractivity contribution in [3.05, 3.63) is 0 Å². The maximum Gasteiger partial charge on any atom is 0.313 e. The summed E-state index contributed by atoms with van der Waals surface area (Å²) in [7, 11) is 0. The van der Waals surface area contributed by atoms with Gasteiger partial charge in [-0.1, -0.05) is 6.92 Å². The van der Waals surface area contributed by atoms with Gasteiger partial charge in [-0.25, -0.2) is 8.78 Å². The van der Waals surface area contributed by atoms with Crippen molar-refractivity contribution in [2.75, 3.05) is 11.5 Å². The third kappa shape index (κ3) is 8.02. The molecule has 0 aromatic carbocycles. The highest BCUT2D eigenvalue weighted by molar-refractivity contribution is 7.99. The van der Waals surface area contributed by atoms with Gasteiger partial charge in [-0.2, -0.15) is 11.8 Å². The molecule has 5 heteroatoms. The zero-order chi connectivity index (χ0) is 10.3. The maximum atomic E-state index is 12.6. The SMILES string of the molecule is CCC(F)(F)CCCSCC(=O)O. The fraction of sp³-hybridized carbons (Fsp3) is 0.875. The number of halogens is 2. The largest absolute Gasteiger partial charge is 0.481 e. The number of hydrogen-bond donors (Lipinski definition) is 1. The molecule has 78 valence electrons. The minimum atomic E-state index is -2.58. The Kier molecular flexibility index (Phi) is 6.03. The van der Waals surface area contributed by atoms with Crippen molar-refractivity contribution in [1.29, 1.82) is 0 Å². The van der Waals surface area contributed by atoms with E-state index in [1.165, 1.54) is 18.7 Å². The van der Waals surface area contributed by atoms with E-state index in [0.717, 1.165) is 0 Å². The van der Waals surface area contributed by atoms with E-state index in [4.69, 9.17) is 5.11 Å². The van der Waals surface area contributed by atoms with Crippen molar-refractivity contribution >= 4 is 17.7 Å². The van der Waals surface area contributed by atoms with Crippen LogP contribution in [0.2, 0.25) is 0 Å². The average Bonchev–Trinajstić information content (AvgIpc) is 2.03. The summed E-state index contributed by atoms with van der Waals surface area (Å²) in [5.74, 6) is -2.99. The Morgan fingerprint density at radius 3 is 2.62 bits per heavy atom. The zero-order valence-corrected chi connectivity index (χ0v) is 8.37. The van der Waals surface area contributed by atoms with E-state index in [1.54, 1.807) is 0 Å². The molecule has 2 nitrogen and oxygen atoms in total. The summed E-state index contributed by atoms with van der Waals surface area (Å²) in [5.41, 5.74) is 0. The van der Waals surface area contributed by atoms with Gasteiger partial charge in [0.25, 0.3) is 0 Å². The van der Waals surface area contributed by atoms with Crippen LogP contribution in [0.1, 0.15) is 26.2 Å². The molecule has 0 aliphatic heterocycles. The van der Waals surface area contributed by atoms with Crippen molar-refractivity contribution in [3.63, 3.8) is 0 Å². The Balaban J connectivity index is 3.30. The van der Waals surface area contributed by atoms with Gasteiger partial charge in [-0.05, 0) is 12.2 Å². The van der Waals surface area contributed by atoms with Crippen LogP contribution in [0.3, 0.4) is 0 Å². The topological polar surface area (TPSA) is 37.3 Å². The molecule has 0 aromatic rings. The summed E-state index contributed by atoms with van der Waals surface area (Å²) in [6.07, 6.45) is 0.0888. The third-order valence-corrected chi connectivity index (χ3v) is 2.60. The number of hydrogen-bond acceptors (Lipinski definition) is 2. The summed E-state index contributed by atoms with van der Waals surface area (Å²) in [6.45, 7) is 1.45. The normalized spacial score (nSPS) is 11.6. The molecule has 0 heterocycles. The molecule has 1 N–H and O–H groups in total. The molecule has 0 aliphatic carbocycles. The first kappa shape index (κ1) is 12.7. The molecule has 0 fully saturated rings. The van der Waals surface area contributed by atoms with Crippen molar-refractivity contribution < 1.29 is 18.7 Å². The van der Waals surface area contributed by atoms with Gasteiger partial charge in [0.1, 0.15) is 0 Å². The third-order valence-electron chi connectivity index (χ3n) is 1.57. The lowest BCUT2D eigenvalue weighted by Gasteiger charge is -2.12. The number of rotatable bonds is 7. The molecule has 0 radical (unpaired) electrons. The van der Waals surface area contributed by atoms with Crippen molar-refractivity contribution in [2.24, 2.45) is 0 Å². The molecule has 13 heavy (non-hydrogen) atoms. The molecule has 0 amide bonds. The van der Waals surface area contributed by atoms with Gasteiger partial charge in [0, 0.05) is 12.8 Å². The van der Waals surface area contributed by atoms with Crippen LogP contribution in [0.15, 0.2) is 0 Å². The van der Waals surface area contributed by atoms with Crippen LogP contribution in [-0.4, -0.2) is 28.5 Å². The van der Waals surface area contributed by atoms with Crippen LogP contribution in [0.5, 0.6) is 0 Å². The van der Waals surface area contributed by atoms with Crippen molar-refractivity contribution in [1.82, 2.24) is 0 Å². The summed E-state index contributed by atoms with van der Waals surface area (Å²) in [6, 6.07) is 0. The molecule has 0 aromatic heterocycles. The van der Waals surface area contributed by atoms with Crippen molar-refractivity contribution in [2.45, 2.75) is 32.1 Å². The average molecular weight is 212 g/mol. The zero-order valence-electron chi connectivity index (χ0n) is 7.56. The summed E-state index contributed by atoms with van der Waals surface area (Å²) in [5, 5.41) is 8.25. The minimum Gasteiger partial charge on any atom is -0.481 e. The van der Waals surface area contributed by atoms with Gasteiger partial charge in [0.05, 0.1) is 5.75 Å². The molecular weight excluding hydrogens is 198 g/mol. The van der Waals surface area contributed by atoms with Gasteiger partial charge >= 0.3 is 5.97 Å². The van der Waals surface area contributed by atoms with Crippen LogP contribution < -0.4 is 0 Å². The van der Waals surface area contributed by atoms with Crippen molar-refractivity contribution in [3.8, 4) is 0 Å². The molecule has 0 aliphatic rings. The Labute approximate surface area is 80.7 Å². The summed E-state index contributed by atoms with van der Waals surface area (Å²) >= 11 is 1.18. The number of carbonyl (C=O) groups is 1. The van der Waals surface area contributed by atoms with E-state index >= 15 is 0 Å². The van der Waals surface area contributed by atoms with Gasteiger partial charge in [-0.3, -0.25) is 4.79 Å². The van der Waals surface area contributed by atoms with E-state index in [2.05, 4.69) is 0 Å². The van der Waals surface area contributed by atoms with E-state index in [1.807, 2.05) is 0 Å². The Morgan fingerprint density at radius 1 is 1.54 bits per heavy atom. The molecule has 0 saturated carbocycles. The van der Waals surface area contributed by atoms with E-state index < -0.39 is 11.9 Å². The van der Waals surface area contributed by atoms with Crippen LogP contribution in [0.4, 0.5) is 8.78 Å². The number of carboxylic acid groups (broad SMARTS) is 1. The Bertz CT molecular complexity index is 162. The highest BCUT2D eigenvalue weighted by Crippen LogP contribution is 2.24. The van der Waals surface area contributed by atoms with Crippen LogP contribution >= 0.6 is 11.8 Å². The van der Waals surface area contributed by atoms with E-state index in [0.29, 0.717) is 12.2 Å². The van der Waals surface area contributed by atoms with Gasteiger partial charge in [-0.15, -0.1) is 0 Å².